The van der Waals surface area contributed by atoms with Gasteiger partial charge in [-0.25, -0.2) is 0 Å². The van der Waals surface area contributed by atoms with Crippen LogP contribution in [0.4, 0.5) is 0 Å². The first-order valence-corrected chi connectivity index (χ1v) is 23.9. The molecule has 4 unspecified atom stereocenters. The largest absolute Gasteiger partial charge is 0.428 e. The van der Waals surface area contributed by atoms with Crippen LogP contribution in [0, 0.1) is 17.8 Å². The fourth-order valence-electron chi connectivity index (χ4n) is 3.02. The van der Waals surface area contributed by atoms with Gasteiger partial charge >= 0.3 is 58.6 Å². The Morgan fingerprint density at radius 3 is 1.25 bits per heavy atom. The van der Waals surface area contributed by atoms with E-state index in [1.807, 2.05) is 0 Å². The Labute approximate surface area is 334 Å². The van der Waals surface area contributed by atoms with E-state index in [0.717, 1.165) is 20.0 Å². The first kappa shape index (κ1) is 58.6. The Kier molecular flexibility index (Phi) is 30.3. The van der Waals surface area contributed by atoms with Crippen LogP contribution in [0.1, 0.15) is 101 Å². The number of hydrogen-bond acceptors (Lipinski definition) is 18. The van der Waals surface area contributed by atoms with Gasteiger partial charge in [0, 0.05) is 60.0 Å². The van der Waals surface area contributed by atoms with Crippen molar-refractivity contribution in [1.29, 1.82) is 0 Å². The summed E-state index contributed by atoms with van der Waals surface area (Å²) in [5.74, 6) is -5.26. The van der Waals surface area contributed by atoms with E-state index in [-0.39, 0.29) is 76.1 Å². The van der Waals surface area contributed by atoms with E-state index in [1.165, 1.54) is 20.8 Å². The maximum atomic E-state index is 11.5. The van der Waals surface area contributed by atoms with Gasteiger partial charge in [0.1, 0.15) is 0 Å². The summed E-state index contributed by atoms with van der Waals surface area (Å²) >= 11 is 0. The minimum atomic E-state index is -3.52. The molecule has 57 heavy (non-hydrogen) atoms. The van der Waals surface area contributed by atoms with Gasteiger partial charge in [0.05, 0.1) is 37.6 Å². The van der Waals surface area contributed by atoms with Gasteiger partial charge in [0.2, 0.25) is 13.1 Å². The second-order valence-electron chi connectivity index (χ2n) is 13.6. The van der Waals surface area contributed by atoms with Crippen molar-refractivity contribution >= 4 is 58.6 Å². The summed E-state index contributed by atoms with van der Waals surface area (Å²) in [6, 6.07) is 0. The molecule has 0 aliphatic carbocycles. The molecule has 0 saturated carbocycles. The Morgan fingerprint density at radius 2 is 0.877 bits per heavy atom. The summed E-state index contributed by atoms with van der Waals surface area (Å²) in [6.45, 7) is 17.2. The highest BCUT2D eigenvalue weighted by molar-refractivity contribution is 7.52. The first-order chi connectivity index (χ1) is 25.8. The number of carbonyl (C=O) groups is 6. The van der Waals surface area contributed by atoms with Gasteiger partial charge < -0.3 is 56.7 Å². The lowest BCUT2D eigenvalue weighted by Crippen LogP contribution is -2.35. The number of ether oxygens (including phenoxy) is 6. The maximum absolute atomic E-state index is 11.5. The molecule has 0 radical (unpaired) electrons. The molecule has 21 nitrogen and oxygen atoms in total. The molecule has 0 aliphatic heterocycles. The van der Waals surface area contributed by atoms with E-state index in [2.05, 4.69) is 23.0 Å². The molecule has 24 heteroatoms. The molecule has 0 fully saturated rings. The summed E-state index contributed by atoms with van der Waals surface area (Å²) in [6.07, 6.45) is -0.146. The highest BCUT2D eigenvalue weighted by Gasteiger charge is 2.28. The summed E-state index contributed by atoms with van der Waals surface area (Å²) in [5, 5.41) is 0. The average Bonchev–Trinajstić information content (AvgIpc) is 3.02. The van der Waals surface area contributed by atoms with Crippen LogP contribution in [-0.4, -0.2) is 109 Å². The zero-order valence-electron chi connectivity index (χ0n) is 34.9. The van der Waals surface area contributed by atoms with E-state index in [9.17, 15) is 42.5 Å². The highest BCUT2D eigenvalue weighted by Crippen LogP contribution is 2.37. The molecule has 0 aromatic rings. The van der Waals surface area contributed by atoms with Gasteiger partial charge in [-0.05, 0) is 19.3 Å². The Hall–Kier alpha value is -2.73. The number of carbonyl (C=O) groups excluding carboxylic acids is 6. The molecule has 336 valence electrons. The third-order valence-corrected chi connectivity index (χ3v) is 7.67. The van der Waals surface area contributed by atoms with Crippen molar-refractivity contribution in [2.75, 3.05) is 46.6 Å². The van der Waals surface area contributed by atoms with Gasteiger partial charge in [-0.15, -0.1) is 0 Å². The van der Waals surface area contributed by atoms with Crippen LogP contribution in [0.2, 0.25) is 0 Å². The predicted molar refractivity (Wildman–Crippen MR) is 202 cm³/mol. The third-order valence-electron chi connectivity index (χ3n) is 5.69. The molecule has 0 rings (SSSR count). The molecule has 0 spiro atoms. The van der Waals surface area contributed by atoms with Crippen molar-refractivity contribution in [2.45, 2.75) is 113 Å². The minimum absolute atomic E-state index is 0.00264. The molecule has 0 aromatic heterocycles. The van der Waals surface area contributed by atoms with Gasteiger partial charge in [-0.1, -0.05) is 41.5 Å². The summed E-state index contributed by atoms with van der Waals surface area (Å²) in [5.41, 5.74) is 0. The lowest BCUT2D eigenvalue weighted by molar-refractivity contribution is -0.218. The quantitative estimate of drug-likeness (QED) is 0.0375. The second kappa shape index (κ2) is 29.5. The van der Waals surface area contributed by atoms with Crippen molar-refractivity contribution in [1.82, 2.24) is 0 Å². The first-order valence-electron chi connectivity index (χ1n) is 17.8. The predicted octanol–water partition coefficient (Wildman–Crippen LogP) is 5.06. The highest BCUT2D eigenvalue weighted by atomic mass is 31.2. The molecular formula is C33H63O21P3. The molecule has 0 heterocycles. The van der Waals surface area contributed by atoms with Crippen molar-refractivity contribution < 1.29 is 99.1 Å². The number of rotatable bonds is 24. The van der Waals surface area contributed by atoms with E-state index in [4.69, 9.17) is 33.6 Å². The Morgan fingerprint density at radius 1 is 0.509 bits per heavy atom. The van der Waals surface area contributed by atoms with Crippen LogP contribution in [0.15, 0.2) is 0 Å². The van der Waals surface area contributed by atoms with E-state index in [1.54, 1.807) is 41.5 Å². The minimum Gasteiger partial charge on any atom is -0.428 e. The second-order valence-corrected chi connectivity index (χ2v) is 19.2. The maximum Gasteiger partial charge on any atom is 0.325 e. The van der Waals surface area contributed by atoms with Crippen LogP contribution >= 0.6 is 22.8 Å². The standard InChI is InChI=1S/C12H23O7P.C11H21O7P.C10H19O7P/c1-9(2)11(14)19-12(3,4)18-10(13)7-6-8-17-20(5,15)16;1-8(2)11(13)18-9(3)17-10(12)6-5-7-16-19(4,14)15;1-8(2)10(12)16-7-15-9(11)5-4-6-17-18(3,13)14/h9H,6-8H2,1-5H3,(H,15,16);8-9H,5-7H2,1-4H3,(H,14,15);8H,4-7H2,1-3H3,(H,13,14). The topological polar surface area (TPSA) is 297 Å². The molecule has 3 N–H and O–H groups in total. The Bertz CT molecular complexity index is 1380. The molecule has 4 atom stereocenters. The normalized spacial score (nSPS) is 14.8. The summed E-state index contributed by atoms with van der Waals surface area (Å²) in [4.78, 5) is 94.1. The van der Waals surface area contributed by atoms with Crippen LogP contribution < -0.4 is 0 Å². The van der Waals surface area contributed by atoms with Gasteiger partial charge in [0.25, 0.3) is 5.79 Å². The van der Waals surface area contributed by atoms with Gasteiger partial charge in [0.15, 0.2) is 0 Å². The van der Waals surface area contributed by atoms with Crippen molar-refractivity contribution in [2.24, 2.45) is 17.8 Å². The molecule has 0 amide bonds. The van der Waals surface area contributed by atoms with Crippen LogP contribution in [0.3, 0.4) is 0 Å². The summed E-state index contributed by atoms with van der Waals surface area (Å²) in [7, 11) is -10.5. The molecule has 0 aromatic carbocycles. The van der Waals surface area contributed by atoms with E-state index < -0.39 is 77.5 Å². The number of esters is 6. The average molecular weight is 889 g/mol. The fourth-order valence-corrected chi connectivity index (χ4v) is 4.42. The molecule has 0 bridgehead atoms. The van der Waals surface area contributed by atoms with Crippen molar-refractivity contribution in [3.05, 3.63) is 0 Å². The van der Waals surface area contributed by atoms with E-state index >= 15 is 0 Å². The fraction of sp³-hybridized carbons (Fsp3) is 0.818. The summed E-state index contributed by atoms with van der Waals surface area (Å²) < 4.78 is 75.1. The van der Waals surface area contributed by atoms with Crippen LogP contribution in [0.25, 0.3) is 0 Å². The molecular weight excluding hydrogens is 825 g/mol. The lowest BCUT2D eigenvalue weighted by Gasteiger charge is -2.25. The van der Waals surface area contributed by atoms with Crippen LogP contribution in [-0.2, 0) is 84.5 Å². The Balaban J connectivity index is -0.000000768. The SMILES string of the molecule is CC(C)C(=O)OC(C)(C)OC(=O)CCCOP(C)(=O)O.CC(C)C(=O)OCOC(=O)CCCOP(C)(=O)O.CC(OC(=O)CCCOP(C)(=O)O)OC(=O)C(C)C. The van der Waals surface area contributed by atoms with E-state index in [0.29, 0.717) is 0 Å². The molecule has 0 aliphatic rings. The van der Waals surface area contributed by atoms with Gasteiger partial charge in [-0.2, -0.15) is 0 Å². The zero-order valence-corrected chi connectivity index (χ0v) is 37.6. The van der Waals surface area contributed by atoms with Crippen molar-refractivity contribution in [3.8, 4) is 0 Å². The van der Waals surface area contributed by atoms with Crippen molar-refractivity contribution in [3.63, 3.8) is 0 Å². The van der Waals surface area contributed by atoms with Crippen LogP contribution in [0.5, 0.6) is 0 Å². The third kappa shape index (κ3) is 42.7. The lowest BCUT2D eigenvalue weighted by atomic mass is 10.2. The van der Waals surface area contributed by atoms with Gasteiger partial charge in [-0.3, -0.25) is 42.5 Å². The zero-order chi connectivity index (χ0) is 45.2. The number of hydrogen-bond donors (Lipinski definition) is 3. The molecule has 0 saturated heterocycles. The monoisotopic (exact) mass is 888 g/mol. The smallest absolute Gasteiger partial charge is 0.325 e.